The van der Waals surface area contributed by atoms with Crippen LogP contribution in [0.4, 0.5) is 11.4 Å². The predicted octanol–water partition coefficient (Wildman–Crippen LogP) is 2.68. The molecular weight excluding hydrogens is 320 g/mol. The molecule has 1 aliphatic rings. The first kappa shape index (κ1) is 16.8. The number of rotatable bonds is 4. The van der Waals surface area contributed by atoms with Crippen molar-refractivity contribution in [1.82, 2.24) is 0 Å². The van der Waals surface area contributed by atoms with Crippen molar-refractivity contribution in [3.8, 4) is 11.5 Å². The molecule has 0 bridgehead atoms. The van der Waals surface area contributed by atoms with Gasteiger partial charge in [0.25, 0.3) is 11.8 Å². The minimum absolute atomic E-state index is 0.0266. The average molecular weight is 340 g/mol. The molecule has 2 amide bonds. The van der Waals surface area contributed by atoms with E-state index < -0.39 is 0 Å². The van der Waals surface area contributed by atoms with Crippen LogP contribution in [0.15, 0.2) is 36.4 Å². The third-order valence-electron chi connectivity index (χ3n) is 4.09. The Hall–Kier alpha value is -3.02. The molecule has 3 rings (SSSR count). The lowest BCUT2D eigenvalue weighted by Crippen LogP contribution is -2.35. The van der Waals surface area contributed by atoms with Gasteiger partial charge in [0, 0.05) is 12.7 Å². The predicted molar refractivity (Wildman–Crippen MR) is 95.4 cm³/mol. The molecule has 130 valence electrons. The quantitative estimate of drug-likeness (QED) is 0.929. The molecule has 0 radical (unpaired) electrons. The SMILES string of the molecule is Cc1cccc(C)c1OCC(=O)Nc1ccc2c(c1)N(C)C(=O)CO2. The van der Waals surface area contributed by atoms with Crippen LogP contribution >= 0.6 is 0 Å². The molecule has 2 aromatic carbocycles. The maximum absolute atomic E-state index is 12.2. The number of carbonyl (C=O) groups is 2. The molecule has 0 unspecified atom stereocenters. The van der Waals surface area contributed by atoms with Crippen molar-refractivity contribution >= 4 is 23.2 Å². The molecule has 0 atom stereocenters. The van der Waals surface area contributed by atoms with E-state index in [9.17, 15) is 9.59 Å². The van der Waals surface area contributed by atoms with E-state index in [2.05, 4.69) is 5.32 Å². The molecule has 1 N–H and O–H groups in total. The number of amides is 2. The summed E-state index contributed by atoms with van der Waals surface area (Å²) in [4.78, 5) is 25.4. The Labute approximate surface area is 146 Å². The van der Waals surface area contributed by atoms with E-state index >= 15 is 0 Å². The van der Waals surface area contributed by atoms with Gasteiger partial charge in [-0.25, -0.2) is 0 Å². The fraction of sp³-hybridized carbons (Fsp3) is 0.263. The van der Waals surface area contributed by atoms with Crippen molar-refractivity contribution < 1.29 is 19.1 Å². The number of aryl methyl sites for hydroxylation is 2. The van der Waals surface area contributed by atoms with E-state index in [0.717, 1.165) is 16.9 Å². The highest BCUT2D eigenvalue weighted by atomic mass is 16.5. The molecule has 0 aromatic heterocycles. The molecule has 1 aliphatic heterocycles. The summed E-state index contributed by atoms with van der Waals surface area (Å²) in [5.41, 5.74) is 3.18. The second-order valence-corrected chi connectivity index (χ2v) is 5.98. The molecule has 0 saturated carbocycles. The van der Waals surface area contributed by atoms with Crippen LogP contribution in [-0.2, 0) is 9.59 Å². The number of benzene rings is 2. The fourth-order valence-electron chi connectivity index (χ4n) is 2.71. The fourth-order valence-corrected chi connectivity index (χ4v) is 2.71. The second kappa shape index (κ2) is 6.84. The number of ether oxygens (including phenoxy) is 2. The van der Waals surface area contributed by atoms with Crippen LogP contribution in [0, 0.1) is 13.8 Å². The largest absolute Gasteiger partial charge is 0.483 e. The summed E-state index contributed by atoms with van der Waals surface area (Å²) in [6.45, 7) is 3.82. The number of carbonyl (C=O) groups excluding carboxylic acids is 2. The van der Waals surface area contributed by atoms with Gasteiger partial charge >= 0.3 is 0 Å². The number of nitrogens with one attached hydrogen (secondary N) is 1. The molecule has 0 spiro atoms. The summed E-state index contributed by atoms with van der Waals surface area (Å²) in [5, 5.41) is 2.78. The first-order chi connectivity index (χ1) is 12.0. The van der Waals surface area contributed by atoms with E-state index in [-0.39, 0.29) is 25.0 Å². The van der Waals surface area contributed by atoms with Crippen LogP contribution in [0.3, 0.4) is 0 Å². The zero-order valence-electron chi connectivity index (χ0n) is 14.5. The van der Waals surface area contributed by atoms with Gasteiger partial charge in [-0.3, -0.25) is 9.59 Å². The number of para-hydroxylation sites is 1. The van der Waals surface area contributed by atoms with Crippen molar-refractivity contribution in [2.75, 3.05) is 30.5 Å². The summed E-state index contributed by atoms with van der Waals surface area (Å²) in [5.74, 6) is 0.941. The molecule has 6 heteroatoms. The average Bonchev–Trinajstić information content (AvgIpc) is 2.58. The normalized spacial score (nSPS) is 13.1. The number of hydrogen-bond donors (Lipinski definition) is 1. The molecular formula is C19H20N2O4. The number of fused-ring (bicyclic) bond motifs is 1. The van der Waals surface area contributed by atoms with E-state index in [1.165, 1.54) is 4.90 Å². The van der Waals surface area contributed by atoms with Gasteiger partial charge in [0.05, 0.1) is 5.69 Å². The Morgan fingerprint density at radius 3 is 2.68 bits per heavy atom. The summed E-state index contributed by atoms with van der Waals surface area (Å²) < 4.78 is 11.0. The molecule has 25 heavy (non-hydrogen) atoms. The van der Waals surface area contributed by atoms with Gasteiger partial charge in [0.2, 0.25) is 0 Å². The standard InChI is InChI=1S/C19H20N2O4/c1-12-5-4-6-13(2)19(12)25-10-17(22)20-14-7-8-16-15(9-14)21(3)18(23)11-24-16/h4-9H,10-11H2,1-3H3,(H,20,22). The van der Waals surface area contributed by atoms with E-state index in [1.807, 2.05) is 32.0 Å². The third kappa shape index (κ3) is 3.57. The van der Waals surface area contributed by atoms with Crippen molar-refractivity contribution in [3.63, 3.8) is 0 Å². The van der Waals surface area contributed by atoms with Gasteiger partial charge in [-0.15, -0.1) is 0 Å². The Bertz CT molecular complexity index is 812. The van der Waals surface area contributed by atoms with E-state index in [1.54, 1.807) is 25.2 Å². The first-order valence-electron chi connectivity index (χ1n) is 7.98. The Kier molecular flexibility index (Phi) is 4.61. The van der Waals surface area contributed by atoms with Gasteiger partial charge in [-0.1, -0.05) is 18.2 Å². The molecule has 1 heterocycles. The van der Waals surface area contributed by atoms with E-state index in [4.69, 9.17) is 9.47 Å². The Morgan fingerprint density at radius 1 is 1.24 bits per heavy atom. The molecule has 0 saturated heterocycles. The van der Waals surface area contributed by atoms with Gasteiger partial charge in [-0.05, 0) is 43.2 Å². The number of hydrogen-bond acceptors (Lipinski definition) is 4. The maximum Gasteiger partial charge on any atom is 0.264 e. The topological polar surface area (TPSA) is 67.9 Å². The van der Waals surface area contributed by atoms with Crippen LogP contribution in [-0.4, -0.2) is 32.1 Å². The van der Waals surface area contributed by atoms with Gasteiger partial charge in [-0.2, -0.15) is 0 Å². The van der Waals surface area contributed by atoms with Crippen molar-refractivity contribution in [2.45, 2.75) is 13.8 Å². The lowest BCUT2D eigenvalue weighted by molar-refractivity contribution is -0.121. The van der Waals surface area contributed by atoms with Crippen molar-refractivity contribution in [3.05, 3.63) is 47.5 Å². The smallest absolute Gasteiger partial charge is 0.264 e. The van der Waals surface area contributed by atoms with Gasteiger partial charge in [0.1, 0.15) is 11.5 Å². The van der Waals surface area contributed by atoms with Crippen LogP contribution < -0.4 is 19.7 Å². The Morgan fingerprint density at radius 2 is 1.96 bits per heavy atom. The van der Waals surface area contributed by atoms with Gasteiger partial charge < -0.3 is 19.7 Å². The zero-order chi connectivity index (χ0) is 18.0. The lowest BCUT2D eigenvalue weighted by atomic mass is 10.1. The Balaban J connectivity index is 1.67. The van der Waals surface area contributed by atoms with Crippen LogP contribution in [0.5, 0.6) is 11.5 Å². The summed E-state index contributed by atoms with van der Waals surface area (Å²) in [6, 6.07) is 11.0. The molecule has 6 nitrogen and oxygen atoms in total. The van der Waals surface area contributed by atoms with Crippen molar-refractivity contribution in [2.24, 2.45) is 0 Å². The molecule has 0 aliphatic carbocycles. The first-order valence-corrected chi connectivity index (χ1v) is 7.98. The third-order valence-corrected chi connectivity index (χ3v) is 4.09. The van der Waals surface area contributed by atoms with Crippen LogP contribution in [0.1, 0.15) is 11.1 Å². The highest BCUT2D eigenvalue weighted by molar-refractivity contribution is 5.99. The van der Waals surface area contributed by atoms with Crippen LogP contribution in [0.25, 0.3) is 0 Å². The number of likely N-dealkylation sites (N-methyl/N-ethyl adjacent to an activating group) is 1. The van der Waals surface area contributed by atoms with Gasteiger partial charge in [0.15, 0.2) is 13.2 Å². The second-order valence-electron chi connectivity index (χ2n) is 5.98. The highest BCUT2D eigenvalue weighted by Gasteiger charge is 2.22. The zero-order valence-corrected chi connectivity index (χ0v) is 14.5. The summed E-state index contributed by atoms with van der Waals surface area (Å²) >= 11 is 0. The summed E-state index contributed by atoms with van der Waals surface area (Å²) in [7, 11) is 1.68. The minimum atomic E-state index is -0.270. The maximum atomic E-state index is 12.2. The molecule has 2 aromatic rings. The van der Waals surface area contributed by atoms with E-state index in [0.29, 0.717) is 17.1 Å². The highest BCUT2D eigenvalue weighted by Crippen LogP contribution is 2.33. The lowest BCUT2D eigenvalue weighted by Gasteiger charge is -2.26. The van der Waals surface area contributed by atoms with Crippen LogP contribution in [0.2, 0.25) is 0 Å². The number of nitrogens with zero attached hydrogens (tertiary/aromatic N) is 1. The number of anilines is 2. The minimum Gasteiger partial charge on any atom is -0.483 e. The molecule has 0 fully saturated rings. The summed E-state index contributed by atoms with van der Waals surface area (Å²) in [6.07, 6.45) is 0. The monoisotopic (exact) mass is 340 g/mol. The van der Waals surface area contributed by atoms with Crippen molar-refractivity contribution in [1.29, 1.82) is 0 Å².